The number of hydrogen-bond acceptors (Lipinski definition) is 3. The average Bonchev–Trinajstić information content (AvgIpc) is 3.81. The quantitative estimate of drug-likeness (QED) is 0.175. The lowest BCUT2D eigenvalue weighted by molar-refractivity contribution is 0.722. The molecular weight excluding hydrogens is 799 g/mol. The Morgan fingerprint density at radius 2 is 0.651 bits per heavy atom. The third-order valence-electron chi connectivity index (χ3n) is 14.2. The summed E-state index contributed by atoms with van der Waals surface area (Å²) in [5.41, 5.74) is 18.3. The Bertz CT molecular complexity index is 3280. The minimum atomic E-state index is -0.488. The maximum atomic E-state index is 2.60. The van der Waals surface area contributed by atoms with E-state index in [1.165, 1.54) is 108 Å². The summed E-state index contributed by atoms with van der Waals surface area (Å²) in [7, 11) is 0. The van der Waals surface area contributed by atoms with Gasteiger partial charge in [-0.3, -0.25) is 0 Å². The Morgan fingerprint density at radius 3 is 1.11 bits per heavy atom. The van der Waals surface area contributed by atoms with Crippen LogP contribution in [0.15, 0.2) is 244 Å². The lowest BCUT2D eigenvalue weighted by Crippen LogP contribution is -2.32. The fraction of sp³-hybridized carbons (Fsp3) is 0.0333. The summed E-state index contributed by atoms with van der Waals surface area (Å²) in [6, 6.07) is 84.8. The van der Waals surface area contributed by atoms with Crippen molar-refractivity contribution in [2.75, 3.05) is 4.90 Å². The van der Waals surface area contributed by atoms with E-state index in [1.807, 2.05) is 23.5 Å². The van der Waals surface area contributed by atoms with Gasteiger partial charge in [-0.15, -0.1) is 0 Å². The lowest BCUT2D eigenvalue weighted by Gasteiger charge is -2.40. The first-order chi connectivity index (χ1) is 31.3. The number of nitrogens with zero attached hydrogens (tertiary/aromatic N) is 1. The molecule has 1 nitrogen and oxygen atoms in total. The summed E-state index contributed by atoms with van der Waals surface area (Å²) in [4.78, 5) is 7.84. The Balaban J connectivity index is 1.11. The summed E-state index contributed by atoms with van der Waals surface area (Å²) < 4.78 is 0. The topological polar surface area (TPSA) is 3.24 Å². The van der Waals surface area contributed by atoms with Crippen LogP contribution in [0.5, 0.6) is 0 Å². The van der Waals surface area contributed by atoms with Crippen LogP contribution in [0.3, 0.4) is 0 Å². The van der Waals surface area contributed by atoms with Crippen LogP contribution in [-0.2, 0) is 10.8 Å². The summed E-state index contributed by atoms with van der Waals surface area (Å²) in [6.07, 6.45) is 0. The van der Waals surface area contributed by atoms with Crippen LogP contribution < -0.4 is 4.90 Å². The van der Waals surface area contributed by atoms with Crippen LogP contribution in [0.1, 0.15) is 44.5 Å². The maximum Gasteiger partial charge on any atom is 0.0736 e. The number of fused-ring (bicyclic) bond motifs is 19. The molecule has 0 fully saturated rings. The van der Waals surface area contributed by atoms with Crippen LogP contribution in [0.25, 0.3) is 33.0 Å². The normalized spacial score (nSPS) is 14.8. The highest BCUT2D eigenvalue weighted by atomic mass is 32.2. The lowest BCUT2D eigenvalue weighted by atomic mass is 9.67. The van der Waals surface area contributed by atoms with Gasteiger partial charge in [0.2, 0.25) is 0 Å². The third-order valence-corrected chi connectivity index (χ3v) is 16.5. The Kier molecular flexibility index (Phi) is 7.47. The van der Waals surface area contributed by atoms with Gasteiger partial charge in [-0.05, 0) is 115 Å². The van der Waals surface area contributed by atoms with Crippen LogP contribution >= 0.6 is 23.5 Å². The van der Waals surface area contributed by atoms with E-state index < -0.39 is 10.8 Å². The van der Waals surface area contributed by atoms with E-state index in [0.29, 0.717) is 0 Å². The third kappa shape index (κ3) is 4.61. The van der Waals surface area contributed by atoms with Crippen LogP contribution in [-0.4, -0.2) is 0 Å². The molecule has 14 rings (SSSR count). The van der Waals surface area contributed by atoms with Gasteiger partial charge >= 0.3 is 0 Å². The predicted octanol–water partition coefficient (Wildman–Crippen LogP) is 16.0. The molecule has 0 atom stereocenters. The van der Waals surface area contributed by atoms with Crippen molar-refractivity contribution in [2.24, 2.45) is 0 Å². The highest BCUT2D eigenvalue weighted by Gasteiger charge is 2.53. The van der Waals surface area contributed by atoms with Crippen molar-refractivity contribution < 1.29 is 0 Å². The molecule has 2 aliphatic carbocycles. The Hall–Kier alpha value is -7.04. The van der Waals surface area contributed by atoms with Crippen molar-refractivity contribution in [2.45, 2.75) is 30.4 Å². The molecule has 0 radical (unpaired) electrons. The molecule has 0 unspecified atom stereocenters. The molecule has 0 amide bonds. The zero-order valence-corrected chi connectivity index (χ0v) is 35.8. The second-order valence-corrected chi connectivity index (χ2v) is 19.2. The maximum absolute atomic E-state index is 2.60. The molecular formula is C60H37NS2. The van der Waals surface area contributed by atoms with E-state index in [-0.39, 0.29) is 0 Å². The molecule has 0 N–H and O–H groups in total. The molecule has 10 aromatic carbocycles. The van der Waals surface area contributed by atoms with Gasteiger partial charge in [0.05, 0.1) is 22.2 Å². The van der Waals surface area contributed by atoms with Gasteiger partial charge in [0.25, 0.3) is 0 Å². The molecule has 10 aromatic rings. The van der Waals surface area contributed by atoms with Gasteiger partial charge in [-0.1, -0.05) is 199 Å². The molecule has 294 valence electrons. The predicted molar refractivity (Wildman–Crippen MR) is 261 cm³/mol. The minimum Gasteiger partial charge on any atom is -0.309 e. The molecule has 2 aliphatic heterocycles. The van der Waals surface area contributed by atoms with Crippen LogP contribution in [0.2, 0.25) is 0 Å². The number of hydrogen-bond donors (Lipinski definition) is 0. The summed E-state index contributed by atoms with van der Waals surface area (Å²) >= 11 is 3.79. The molecule has 0 aromatic heterocycles. The highest BCUT2D eigenvalue weighted by molar-refractivity contribution is 7.99. The first-order valence-electron chi connectivity index (χ1n) is 21.8. The van der Waals surface area contributed by atoms with Crippen LogP contribution in [0, 0.1) is 0 Å². The van der Waals surface area contributed by atoms with E-state index in [9.17, 15) is 0 Å². The summed E-state index contributed by atoms with van der Waals surface area (Å²) in [5.74, 6) is 0. The number of benzene rings is 10. The van der Waals surface area contributed by atoms with Crippen molar-refractivity contribution in [3.63, 3.8) is 0 Å². The van der Waals surface area contributed by atoms with E-state index in [0.717, 1.165) is 5.69 Å². The molecule has 3 heteroatoms. The van der Waals surface area contributed by atoms with E-state index in [1.54, 1.807) is 0 Å². The number of anilines is 3. The smallest absolute Gasteiger partial charge is 0.0736 e. The molecule has 0 saturated heterocycles. The van der Waals surface area contributed by atoms with E-state index >= 15 is 0 Å². The second-order valence-electron chi connectivity index (χ2n) is 17.0. The first kappa shape index (κ1) is 35.5. The number of rotatable bonds is 3. The summed E-state index contributed by atoms with van der Waals surface area (Å²) in [6.45, 7) is 0. The summed E-state index contributed by atoms with van der Waals surface area (Å²) in [5, 5.41) is 2.44. The van der Waals surface area contributed by atoms with Gasteiger partial charge in [0.15, 0.2) is 0 Å². The van der Waals surface area contributed by atoms with E-state index in [2.05, 4.69) is 229 Å². The van der Waals surface area contributed by atoms with Gasteiger partial charge in [-0.25, -0.2) is 0 Å². The van der Waals surface area contributed by atoms with Crippen LogP contribution in [0.4, 0.5) is 17.1 Å². The average molecular weight is 836 g/mol. The van der Waals surface area contributed by atoms with Crippen molar-refractivity contribution in [1.29, 1.82) is 0 Å². The molecule has 4 aliphatic rings. The van der Waals surface area contributed by atoms with Gasteiger partial charge in [0, 0.05) is 36.4 Å². The van der Waals surface area contributed by atoms with Crippen molar-refractivity contribution in [1.82, 2.24) is 0 Å². The SMILES string of the molecule is c1ccc2c(c1)Sc1ccccc1C21c2ccccc2-c2c(N(c3ccc4ccccc4c3)c3cccc4c3-c3ccccc3C43c4ccccc4Sc4ccccc43)cccc21. The van der Waals surface area contributed by atoms with Gasteiger partial charge < -0.3 is 4.90 Å². The molecule has 2 spiro atoms. The van der Waals surface area contributed by atoms with Gasteiger partial charge in [0.1, 0.15) is 0 Å². The molecule has 0 bridgehead atoms. The molecule has 63 heavy (non-hydrogen) atoms. The molecule has 0 saturated carbocycles. The van der Waals surface area contributed by atoms with Crippen molar-refractivity contribution >= 4 is 51.4 Å². The zero-order chi connectivity index (χ0) is 41.3. The molecule has 2 heterocycles. The largest absolute Gasteiger partial charge is 0.309 e. The van der Waals surface area contributed by atoms with E-state index in [4.69, 9.17) is 0 Å². The van der Waals surface area contributed by atoms with Crippen molar-refractivity contribution in [3.8, 4) is 22.3 Å². The van der Waals surface area contributed by atoms with Gasteiger partial charge in [-0.2, -0.15) is 0 Å². The fourth-order valence-corrected chi connectivity index (χ4v) is 14.2. The standard InChI is InChI=1S/C60H37NS2/c1-2-18-39-37-40(36-35-38(39)17-1)61(51-29-15-27-49-57(51)41-19-3-5-21-43(41)59(49)45-23-7-11-31-53(45)62-54-32-12-8-24-46(54)59)52-30-16-28-50-58(52)42-20-4-6-22-44(42)60(50)47-25-9-13-33-55(47)63-56-34-14-10-26-48(56)60/h1-37H. The second kappa shape index (κ2) is 13.2. The van der Waals surface area contributed by atoms with Crippen molar-refractivity contribution in [3.05, 3.63) is 269 Å². The minimum absolute atomic E-state index is 0.488. The first-order valence-corrected chi connectivity index (χ1v) is 23.4. The Labute approximate surface area is 375 Å². The Morgan fingerprint density at radius 1 is 0.286 bits per heavy atom. The zero-order valence-electron chi connectivity index (χ0n) is 34.1. The highest BCUT2D eigenvalue weighted by Crippen LogP contribution is 2.67. The monoisotopic (exact) mass is 835 g/mol. The fourth-order valence-electron chi connectivity index (χ4n) is 11.9.